The quantitative estimate of drug-likeness (QED) is 0.652. The summed E-state index contributed by atoms with van der Waals surface area (Å²) in [7, 11) is 0. The Hall–Kier alpha value is -2.31. The van der Waals surface area contributed by atoms with Crippen molar-refractivity contribution < 1.29 is 27.9 Å². The van der Waals surface area contributed by atoms with Crippen LogP contribution in [0.1, 0.15) is 35.2 Å². The molecule has 2 aliphatic rings. The fourth-order valence-electron chi connectivity index (χ4n) is 2.74. The molecule has 0 radical (unpaired) electrons. The summed E-state index contributed by atoms with van der Waals surface area (Å²) in [6.45, 7) is 0. The van der Waals surface area contributed by atoms with Gasteiger partial charge in [-0.25, -0.2) is 0 Å². The van der Waals surface area contributed by atoms with E-state index in [1.807, 2.05) is 0 Å². The van der Waals surface area contributed by atoms with Crippen molar-refractivity contribution in [3.8, 4) is 0 Å². The second-order valence-corrected chi connectivity index (χ2v) is 5.52. The molecule has 116 valence electrons. The molecule has 0 aromatic heterocycles. The van der Waals surface area contributed by atoms with E-state index in [4.69, 9.17) is 0 Å². The van der Waals surface area contributed by atoms with Crippen LogP contribution in [0.25, 0.3) is 0 Å². The molecule has 1 aliphatic heterocycles. The van der Waals surface area contributed by atoms with Gasteiger partial charge in [-0.3, -0.25) is 9.59 Å². The van der Waals surface area contributed by atoms with E-state index in [0.717, 1.165) is 30.7 Å². The van der Waals surface area contributed by atoms with Crippen LogP contribution in [-0.2, 0) is 11.0 Å². The number of carbonyl (C=O) groups excluding carboxylic acids is 2. The first-order valence-electron chi connectivity index (χ1n) is 6.73. The molecule has 1 heterocycles. The lowest BCUT2D eigenvalue weighted by molar-refractivity contribution is -0.137. The van der Waals surface area contributed by atoms with E-state index >= 15 is 0 Å². The Balaban J connectivity index is 1.93. The summed E-state index contributed by atoms with van der Waals surface area (Å²) in [6, 6.07) is 3.56. The SMILES string of the molecule is O=C1NC2(CCC2)C(O)=C1C(=O)c1ccc(C(F)(F)F)cc1. The molecule has 7 heteroatoms. The smallest absolute Gasteiger partial charge is 0.416 e. The van der Waals surface area contributed by atoms with Gasteiger partial charge in [0.1, 0.15) is 11.3 Å². The van der Waals surface area contributed by atoms with Gasteiger partial charge in [-0.15, -0.1) is 0 Å². The van der Waals surface area contributed by atoms with Crippen LogP contribution in [0, 0.1) is 0 Å². The van der Waals surface area contributed by atoms with Crippen LogP contribution < -0.4 is 5.32 Å². The van der Waals surface area contributed by atoms with E-state index in [0.29, 0.717) is 12.8 Å². The third-order valence-corrected chi connectivity index (χ3v) is 4.18. The number of amides is 1. The van der Waals surface area contributed by atoms with Crippen molar-refractivity contribution in [2.45, 2.75) is 31.0 Å². The highest BCUT2D eigenvalue weighted by atomic mass is 19.4. The third-order valence-electron chi connectivity index (χ3n) is 4.18. The summed E-state index contributed by atoms with van der Waals surface area (Å²) < 4.78 is 37.5. The maximum Gasteiger partial charge on any atom is 0.416 e. The van der Waals surface area contributed by atoms with Crippen molar-refractivity contribution in [3.63, 3.8) is 0 Å². The second kappa shape index (κ2) is 4.59. The summed E-state index contributed by atoms with van der Waals surface area (Å²) >= 11 is 0. The third kappa shape index (κ3) is 2.08. The molecule has 2 N–H and O–H groups in total. The Kier molecular flexibility index (Phi) is 3.05. The minimum absolute atomic E-state index is 0.0685. The van der Waals surface area contributed by atoms with Gasteiger partial charge < -0.3 is 10.4 Å². The van der Waals surface area contributed by atoms with Gasteiger partial charge >= 0.3 is 6.18 Å². The fraction of sp³-hybridized carbons (Fsp3) is 0.333. The van der Waals surface area contributed by atoms with Gasteiger partial charge in [-0.2, -0.15) is 13.2 Å². The summed E-state index contributed by atoms with van der Waals surface area (Å²) in [5.41, 5.74) is -2.18. The number of hydrogen-bond donors (Lipinski definition) is 2. The number of hydrogen-bond acceptors (Lipinski definition) is 3. The Labute approximate surface area is 123 Å². The van der Waals surface area contributed by atoms with Crippen molar-refractivity contribution in [3.05, 3.63) is 46.7 Å². The van der Waals surface area contributed by atoms with E-state index < -0.39 is 29.0 Å². The predicted octanol–water partition coefficient (Wildman–Crippen LogP) is 2.75. The zero-order valence-corrected chi connectivity index (χ0v) is 11.3. The highest BCUT2D eigenvalue weighted by molar-refractivity contribution is 6.27. The molecule has 1 aliphatic carbocycles. The lowest BCUT2D eigenvalue weighted by Gasteiger charge is -2.37. The van der Waals surface area contributed by atoms with Gasteiger partial charge in [0.15, 0.2) is 0 Å². The Morgan fingerprint density at radius 2 is 1.77 bits per heavy atom. The number of rotatable bonds is 2. The molecule has 0 saturated heterocycles. The van der Waals surface area contributed by atoms with Crippen LogP contribution in [0.15, 0.2) is 35.6 Å². The average molecular weight is 311 g/mol. The molecule has 1 fully saturated rings. The number of carbonyl (C=O) groups is 2. The summed E-state index contributed by atoms with van der Waals surface area (Å²) in [4.78, 5) is 24.2. The number of alkyl halides is 3. The highest BCUT2D eigenvalue weighted by Gasteiger charge is 2.51. The monoisotopic (exact) mass is 311 g/mol. The number of nitrogens with one attached hydrogen (secondary N) is 1. The Morgan fingerprint density at radius 3 is 2.18 bits per heavy atom. The summed E-state index contributed by atoms with van der Waals surface area (Å²) in [5, 5.41) is 12.7. The first kappa shape index (κ1) is 14.6. The number of halogens is 3. The van der Waals surface area contributed by atoms with Crippen LogP contribution in [0.5, 0.6) is 0 Å². The normalized spacial score (nSPS) is 20.0. The van der Waals surface area contributed by atoms with Crippen LogP contribution in [0.4, 0.5) is 13.2 Å². The molecule has 0 unspecified atom stereocenters. The lowest BCUT2D eigenvalue weighted by atomic mass is 9.76. The molecule has 1 amide bonds. The van der Waals surface area contributed by atoms with Gasteiger partial charge in [-0.1, -0.05) is 12.1 Å². The van der Waals surface area contributed by atoms with Crippen molar-refractivity contribution in [2.24, 2.45) is 0 Å². The van der Waals surface area contributed by atoms with E-state index in [2.05, 4.69) is 5.32 Å². The number of aliphatic hydroxyl groups is 1. The number of aliphatic hydroxyl groups excluding tert-OH is 1. The number of Topliss-reactive ketones (excluding diaryl/α,β-unsaturated/α-hetero) is 1. The molecular formula is C15H12F3NO3. The molecule has 1 aromatic rings. The molecule has 3 rings (SSSR count). The molecule has 0 atom stereocenters. The maximum atomic E-state index is 12.5. The standard InChI is InChI=1S/C15H12F3NO3/c16-15(17,18)9-4-2-8(3-5-9)11(20)10-12(21)14(6-1-7-14)19-13(10)22/h2-5,21H,1,6-7H2,(H,19,22). The summed E-state index contributed by atoms with van der Waals surface area (Å²) in [5.74, 6) is -1.75. The minimum Gasteiger partial charge on any atom is -0.509 e. The van der Waals surface area contributed by atoms with Gasteiger partial charge in [0.25, 0.3) is 5.91 Å². The average Bonchev–Trinajstić information content (AvgIpc) is 2.69. The minimum atomic E-state index is -4.50. The first-order chi connectivity index (χ1) is 10.2. The second-order valence-electron chi connectivity index (χ2n) is 5.52. The Bertz CT molecular complexity index is 685. The van der Waals surface area contributed by atoms with Crippen LogP contribution in [0.3, 0.4) is 0 Å². The zero-order chi connectivity index (χ0) is 16.1. The Morgan fingerprint density at radius 1 is 1.18 bits per heavy atom. The van der Waals surface area contributed by atoms with Gasteiger partial charge in [-0.05, 0) is 31.4 Å². The van der Waals surface area contributed by atoms with Crippen LogP contribution in [-0.4, -0.2) is 22.3 Å². The highest BCUT2D eigenvalue weighted by Crippen LogP contribution is 2.42. The zero-order valence-electron chi connectivity index (χ0n) is 11.3. The van der Waals surface area contributed by atoms with Gasteiger partial charge in [0.2, 0.25) is 5.78 Å². The molecule has 1 spiro atoms. The molecule has 1 aromatic carbocycles. The topological polar surface area (TPSA) is 66.4 Å². The number of benzene rings is 1. The van der Waals surface area contributed by atoms with Crippen LogP contribution >= 0.6 is 0 Å². The van der Waals surface area contributed by atoms with E-state index in [9.17, 15) is 27.9 Å². The maximum absolute atomic E-state index is 12.5. The van der Waals surface area contributed by atoms with Gasteiger partial charge in [0, 0.05) is 5.56 Å². The summed E-state index contributed by atoms with van der Waals surface area (Å²) in [6.07, 6.45) is -2.57. The predicted molar refractivity (Wildman–Crippen MR) is 70.2 cm³/mol. The van der Waals surface area contributed by atoms with Crippen molar-refractivity contribution in [1.82, 2.24) is 5.32 Å². The molecule has 4 nitrogen and oxygen atoms in total. The molecular weight excluding hydrogens is 299 g/mol. The molecule has 0 bridgehead atoms. The van der Waals surface area contributed by atoms with E-state index in [1.54, 1.807) is 0 Å². The van der Waals surface area contributed by atoms with Gasteiger partial charge in [0.05, 0.1) is 11.1 Å². The molecule has 1 saturated carbocycles. The lowest BCUT2D eigenvalue weighted by Crippen LogP contribution is -2.50. The van der Waals surface area contributed by atoms with E-state index in [-0.39, 0.29) is 16.9 Å². The first-order valence-corrected chi connectivity index (χ1v) is 6.73. The van der Waals surface area contributed by atoms with Crippen LogP contribution in [0.2, 0.25) is 0 Å². The van der Waals surface area contributed by atoms with Crippen molar-refractivity contribution in [1.29, 1.82) is 0 Å². The van der Waals surface area contributed by atoms with E-state index in [1.165, 1.54) is 0 Å². The number of ketones is 1. The fourth-order valence-corrected chi connectivity index (χ4v) is 2.74. The van der Waals surface area contributed by atoms with Crippen molar-refractivity contribution in [2.75, 3.05) is 0 Å². The molecule has 22 heavy (non-hydrogen) atoms. The van der Waals surface area contributed by atoms with Crippen molar-refractivity contribution >= 4 is 11.7 Å². The largest absolute Gasteiger partial charge is 0.509 e.